The van der Waals surface area contributed by atoms with E-state index in [1.165, 1.54) is 0 Å². The van der Waals surface area contributed by atoms with Crippen LogP contribution in [0.25, 0.3) is 0 Å². The Morgan fingerprint density at radius 2 is 2.30 bits per heavy atom. The molecule has 1 aliphatic heterocycles. The van der Waals surface area contributed by atoms with Crippen LogP contribution in [-0.2, 0) is 11.3 Å². The van der Waals surface area contributed by atoms with Gasteiger partial charge >= 0.3 is 0 Å². The maximum atomic E-state index is 14.2. The van der Waals surface area contributed by atoms with Crippen LogP contribution in [0.5, 0.6) is 0 Å². The zero-order chi connectivity index (χ0) is 14.6. The fraction of sp³-hybridized carbons (Fsp3) is 0.600. The Bertz CT molecular complexity index is 451. The van der Waals surface area contributed by atoms with Gasteiger partial charge in [0, 0.05) is 33.3 Å². The molecule has 0 spiro atoms. The summed E-state index contributed by atoms with van der Waals surface area (Å²) in [5.41, 5.74) is 0.768. The van der Waals surface area contributed by atoms with Gasteiger partial charge in [-0.2, -0.15) is 0 Å². The molecule has 1 aliphatic rings. The molecule has 5 heteroatoms. The lowest BCUT2D eigenvalue weighted by atomic mass is 10.1. The predicted molar refractivity (Wildman–Crippen MR) is 77.4 cm³/mol. The lowest BCUT2D eigenvalue weighted by molar-refractivity contribution is 0.0839. The number of nitrogens with zero attached hydrogens (tertiary/aromatic N) is 1. The predicted octanol–water partition coefficient (Wildman–Crippen LogP) is 1.52. The van der Waals surface area contributed by atoms with Gasteiger partial charge in [0.05, 0.1) is 17.9 Å². The molecule has 0 bridgehead atoms. The second kappa shape index (κ2) is 6.52. The van der Waals surface area contributed by atoms with Crippen LogP contribution in [0.2, 0.25) is 0 Å². The summed E-state index contributed by atoms with van der Waals surface area (Å²) in [5, 5.41) is 13.1. The number of halogens is 1. The molecule has 1 atom stereocenters. The third kappa shape index (κ3) is 3.91. The van der Waals surface area contributed by atoms with Gasteiger partial charge in [-0.15, -0.1) is 0 Å². The Hall–Kier alpha value is -1.17. The molecular formula is C15H23FN2O2. The highest BCUT2D eigenvalue weighted by Crippen LogP contribution is 2.28. The van der Waals surface area contributed by atoms with E-state index in [0.29, 0.717) is 38.3 Å². The summed E-state index contributed by atoms with van der Waals surface area (Å²) >= 11 is 0. The molecule has 0 aliphatic carbocycles. The number of aliphatic hydroxyl groups is 1. The molecule has 20 heavy (non-hydrogen) atoms. The number of rotatable bonds is 6. The minimum atomic E-state index is -0.715. The summed E-state index contributed by atoms with van der Waals surface area (Å²) < 4.78 is 19.1. The summed E-state index contributed by atoms with van der Waals surface area (Å²) in [6.45, 7) is 4.97. The van der Waals surface area contributed by atoms with Crippen molar-refractivity contribution in [1.29, 1.82) is 0 Å². The van der Waals surface area contributed by atoms with E-state index in [1.807, 2.05) is 11.0 Å². The number of hydrogen-bond acceptors (Lipinski definition) is 4. The van der Waals surface area contributed by atoms with Crippen molar-refractivity contribution in [3.8, 4) is 0 Å². The largest absolute Gasteiger partial charge is 0.388 e. The van der Waals surface area contributed by atoms with Gasteiger partial charge in [-0.05, 0) is 31.0 Å². The second-order valence-corrected chi connectivity index (χ2v) is 5.62. The van der Waals surface area contributed by atoms with Gasteiger partial charge in [-0.1, -0.05) is 6.07 Å². The minimum Gasteiger partial charge on any atom is -0.388 e. The van der Waals surface area contributed by atoms with Crippen molar-refractivity contribution in [3.63, 3.8) is 0 Å². The number of hydrogen-bond donors (Lipinski definition) is 2. The SMILES string of the molecule is COCCNCc1ccc(N2CCC(C)(O)C2)c(F)c1. The first kappa shape index (κ1) is 15.2. The van der Waals surface area contributed by atoms with E-state index < -0.39 is 5.60 Å². The van der Waals surface area contributed by atoms with E-state index in [2.05, 4.69) is 5.32 Å². The molecule has 1 heterocycles. The summed E-state index contributed by atoms with van der Waals surface area (Å²) in [4.78, 5) is 1.90. The lowest BCUT2D eigenvalue weighted by Gasteiger charge is -2.21. The van der Waals surface area contributed by atoms with Crippen molar-refractivity contribution in [2.24, 2.45) is 0 Å². The van der Waals surface area contributed by atoms with Crippen molar-refractivity contribution in [1.82, 2.24) is 5.32 Å². The quantitative estimate of drug-likeness (QED) is 0.777. The fourth-order valence-electron chi connectivity index (χ4n) is 2.47. The van der Waals surface area contributed by atoms with Crippen LogP contribution < -0.4 is 10.2 Å². The molecule has 1 saturated heterocycles. The van der Waals surface area contributed by atoms with E-state index in [1.54, 1.807) is 26.2 Å². The molecule has 2 rings (SSSR count). The van der Waals surface area contributed by atoms with E-state index >= 15 is 0 Å². The number of ether oxygens (including phenoxy) is 1. The smallest absolute Gasteiger partial charge is 0.146 e. The maximum Gasteiger partial charge on any atom is 0.146 e. The van der Waals surface area contributed by atoms with Gasteiger partial charge < -0.3 is 20.1 Å². The van der Waals surface area contributed by atoms with Gasteiger partial charge in [0.1, 0.15) is 5.82 Å². The molecule has 2 N–H and O–H groups in total. The normalized spacial score (nSPS) is 22.5. The summed E-state index contributed by atoms with van der Waals surface area (Å²) in [7, 11) is 1.65. The first-order chi connectivity index (χ1) is 9.52. The van der Waals surface area contributed by atoms with Crippen LogP contribution in [0.3, 0.4) is 0 Å². The zero-order valence-corrected chi connectivity index (χ0v) is 12.2. The highest BCUT2D eigenvalue weighted by Gasteiger charge is 2.32. The van der Waals surface area contributed by atoms with Crippen molar-refractivity contribution >= 4 is 5.69 Å². The van der Waals surface area contributed by atoms with Gasteiger partial charge in [0.25, 0.3) is 0 Å². The molecule has 0 radical (unpaired) electrons. The third-order valence-corrected chi connectivity index (χ3v) is 3.62. The average Bonchev–Trinajstić information content (AvgIpc) is 2.75. The Kier molecular flexibility index (Phi) is 4.96. The minimum absolute atomic E-state index is 0.228. The van der Waals surface area contributed by atoms with Gasteiger partial charge in [-0.25, -0.2) is 4.39 Å². The highest BCUT2D eigenvalue weighted by atomic mass is 19.1. The topological polar surface area (TPSA) is 44.7 Å². The Balaban J connectivity index is 1.96. The van der Waals surface area contributed by atoms with Crippen molar-refractivity contribution in [2.45, 2.75) is 25.5 Å². The molecule has 1 fully saturated rings. The molecule has 1 aromatic carbocycles. The molecule has 0 saturated carbocycles. The van der Waals surface area contributed by atoms with Gasteiger partial charge in [0.2, 0.25) is 0 Å². The molecule has 0 amide bonds. The first-order valence-electron chi connectivity index (χ1n) is 6.97. The van der Waals surface area contributed by atoms with Crippen LogP contribution in [0.1, 0.15) is 18.9 Å². The number of nitrogens with one attached hydrogen (secondary N) is 1. The second-order valence-electron chi connectivity index (χ2n) is 5.62. The van der Waals surface area contributed by atoms with Gasteiger partial charge in [0.15, 0.2) is 0 Å². The molecular weight excluding hydrogens is 259 g/mol. The lowest BCUT2D eigenvalue weighted by Crippen LogP contribution is -2.30. The molecule has 0 aromatic heterocycles. The number of methoxy groups -OCH3 is 1. The highest BCUT2D eigenvalue weighted by molar-refractivity contribution is 5.50. The van der Waals surface area contributed by atoms with Crippen LogP contribution in [0, 0.1) is 5.82 Å². The molecule has 4 nitrogen and oxygen atoms in total. The molecule has 112 valence electrons. The van der Waals surface area contributed by atoms with Crippen LogP contribution in [-0.4, -0.2) is 44.1 Å². The summed E-state index contributed by atoms with van der Waals surface area (Å²) in [6.07, 6.45) is 0.673. The maximum absolute atomic E-state index is 14.2. The Morgan fingerprint density at radius 3 is 2.90 bits per heavy atom. The number of benzene rings is 1. The molecule has 1 unspecified atom stereocenters. The van der Waals surface area contributed by atoms with Crippen LogP contribution in [0.4, 0.5) is 10.1 Å². The number of anilines is 1. The van der Waals surface area contributed by atoms with Crippen LogP contribution >= 0.6 is 0 Å². The van der Waals surface area contributed by atoms with Crippen LogP contribution in [0.15, 0.2) is 18.2 Å². The summed E-state index contributed by atoms with van der Waals surface area (Å²) in [6, 6.07) is 5.28. The Labute approximate surface area is 119 Å². The van der Waals surface area contributed by atoms with Crippen molar-refractivity contribution in [3.05, 3.63) is 29.6 Å². The van der Waals surface area contributed by atoms with E-state index in [9.17, 15) is 9.50 Å². The first-order valence-corrected chi connectivity index (χ1v) is 6.97. The fourth-order valence-corrected chi connectivity index (χ4v) is 2.47. The van der Waals surface area contributed by atoms with Crippen molar-refractivity contribution < 1.29 is 14.2 Å². The van der Waals surface area contributed by atoms with Crippen molar-refractivity contribution in [2.75, 3.05) is 38.3 Å². The number of β-amino-alcohol motifs (C(OH)–C–C–N with tert-alkyl or cyclic N) is 1. The average molecular weight is 282 g/mol. The standard InChI is InChI=1S/C15H23FN2O2/c1-15(19)5-7-18(11-15)14-4-3-12(9-13(14)16)10-17-6-8-20-2/h3-4,9,17,19H,5-8,10-11H2,1-2H3. The molecule has 1 aromatic rings. The Morgan fingerprint density at radius 1 is 1.50 bits per heavy atom. The monoisotopic (exact) mass is 282 g/mol. The van der Waals surface area contributed by atoms with Gasteiger partial charge in [-0.3, -0.25) is 0 Å². The van der Waals surface area contributed by atoms with E-state index in [-0.39, 0.29) is 5.82 Å². The van der Waals surface area contributed by atoms with E-state index in [4.69, 9.17) is 4.74 Å². The van der Waals surface area contributed by atoms with E-state index in [0.717, 1.165) is 12.1 Å². The zero-order valence-electron chi connectivity index (χ0n) is 12.2. The third-order valence-electron chi connectivity index (χ3n) is 3.62. The summed E-state index contributed by atoms with van der Waals surface area (Å²) in [5.74, 6) is -0.228.